The van der Waals surface area contributed by atoms with Crippen LogP contribution in [0.4, 0.5) is 11.4 Å². The van der Waals surface area contributed by atoms with Crippen molar-refractivity contribution in [1.29, 1.82) is 0 Å². The molecule has 0 radical (unpaired) electrons. The Morgan fingerprint density at radius 1 is 1.00 bits per heavy atom. The second-order valence-corrected chi connectivity index (χ2v) is 7.63. The minimum absolute atomic E-state index is 0.0279. The van der Waals surface area contributed by atoms with Crippen LogP contribution in [0.3, 0.4) is 0 Å². The van der Waals surface area contributed by atoms with Crippen molar-refractivity contribution in [3.8, 4) is 11.5 Å². The molecule has 0 unspecified atom stereocenters. The molecule has 1 heterocycles. The fourth-order valence-electron chi connectivity index (χ4n) is 2.87. The van der Waals surface area contributed by atoms with Crippen LogP contribution in [0, 0.1) is 6.92 Å². The lowest BCUT2D eigenvalue weighted by atomic mass is 10.1. The lowest BCUT2D eigenvalue weighted by Crippen LogP contribution is -2.22. The summed E-state index contributed by atoms with van der Waals surface area (Å²) in [6, 6.07) is 11.1. The molecule has 0 saturated heterocycles. The summed E-state index contributed by atoms with van der Waals surface area (Å²) >= 11 is 3.39. The maximum absolute atomic E-state index is 12.8. The molecule has 0 spiro atoms. The van der Waals surface area contributed by atoms with Crippen LogP contribution in [0.1, 0.15) is 26.5 Å². The molecule has 9 nitrogen and oxygen atoms in total. The number of anilines is 2. The highest BCUT2D eigenvalue weighted by atomic mass is 79.9. The molecule has 10 heteroatoms. The molecule has 2 aromatic carbocycles. The van der Waals surface area contributed by atoms with Crippen LogP contribution in [-0.2, 0) is 9.53 Å². The largest absolute Gasteiger partial charge is 0.493 e. The number of nitrogens with one attached hydrogen (secondary N) is 2. The van der Waals surface area contributed by atoms with E-state index in [1.165, 1.54) is 38.7 Å². The maximum Gasteiger partial charge on any atom is 0.340 e. The monoisotopic (exact) mass is 516 g/mol. The first-order valence-corrected chi connectivity index (χ1v) is 10.5. The molecule has 0 aliphatic heterocycles. The Bertz CT molecular complexity index is 1180. The topological polar surface area (TPSA) is 116 Å². The zero-order valence-electron chi connectivity index (χ0n) is 18.1. The van der Waals surface area contributed by atoms with Crippen molar-refractivity contribution in [2.45, 2.75) is 6.92 Å². The summed E-state index contributed by atoms with van der Waals surface area (Å²) in [7, 11) is 2.82. The third-order valence-corrected chi connectivity index (χ3v) is 5.40. The number of ether oxygens (including phenoxy) is 3. The normalized spacial score (nSPS) is 10.3. The first-order chi connectivity index (χ1) is 15.8. The molecule has 0 aliphatic carbocycles. The average molecular weight is 517 g/mol. The molecule has 33 heavy (non-hydrogen) atoms. The van der Waals surface area contributed by atoms with Crippen molar-refractivity contribution in [3.05, 3.63) is 70.1 Å². The van der Waals surface area contributed by atoms with Gasteiger partial charge in [0.05, 0.1) is 31.7 Å². The van der Waals surface area contributed by atoms with E-state index in [-0.39, 0.29) is 28.5 Å². The quantitative estimate of drug-likeness (QED) is 0.425. The van der Waals surface area contributed by atoms with Gasteiger partial charge in [0.25, 0.3) is 11.8 Å². The number of hydrogen-bond donors (Lipinski definition) is 2. The number of rotatable bonds is 8. The van der Waals surface area contributed by atoms with E-state index >= 15 is 0 Å². The van der Waals surface area contributed by atoms with Gasteiger partial charge >= 0.3 is 5.97 Å². The number of methoxy groups -OCH3 is 2. The Morgan fingerprint density at radius 3 is 2.36 bits per heavy atom. The standard InChI is InChI=1S/C23H21BrN2O7/c1-13-9-14(6-7-16(13)24)25-21(27)12-33-23(29)15-10-19(30-2)20(31-3)11-17(15)26-22(28)18-5-4-8-32-18/h4-11H,12H2,1-3H3,(H,25,27)(H,26,28). The van der Waals surface area contributed by atoms with Crippen LogP contribution >= 0.6 is 15.9 Å². The summed E-state index contributed by atoms with van der Waals surface area (Å²) in [4.78, 5) is 37.5. The highest BCUT2D eigenvalue weighted by Gasteiger charge is 2.22. The summed E-state index contributed by atoms with van der Waals surface area (Å²) in [6.07, 6.45) is 1.35. The van der Waals surface area contributed by atoms with Gasteiger partial charge in [-0.3, -0.25) is 9.59 Å². The van der Waals surface area contributed by atoms with Crippen LogP contribution in [0.2, 0.25) is 0 Å². The summed E-state index contributed by atoms with van der Waals surface area (Å²) in [5.74, 6) is -1.36. The molecule has 3 rings (SSSR count). The molecular formula is C23H21BrN2O7. The van der Waals surface area contributed by atoms with Crippen LogP contribution < -0.4 is 20.1 Å². The number of benzene rings is 2. The van der Waals surface area contributed by atoms with Gasteiger partial charge in [-0.1, -0.05) is 15.9 Å². The number of furan rings is 1. The number of halogens is 1. The van der Waals surface area contributed by atoms with Gasteiger partial charge in [-0.2, -0.15) is 0 Å². The number of hydrogen-bond acceptors (Lipinski definition) is 7. The highest BCUT2D eigenvalue weighted by molar-refractivity contribution is 9.10. The number of carbonyl (C=O) groups excluding carboxylic acids is 3. The third kappa shape index (κ3) is 5.92. The van der Waals surface area contributed by atoms with Gasteiger partial charge < -0.3 is 29.3 Å². The van der Waals surface area contributed by atoms with E-state index in [2.05, 4.69) is 26.6 Å². The fourth-order valence-corrected chi connectivity index (χ4v) is 3.12. The van der Waals surface area contributed by atoms with Gasteiger partial charge in [-0.25, -0.2) is 4.79 Å². The summed E-state index contributed by atoms with van der Waals surface area (Å²) < 4.78 is 21.6. The molecule has 1 aromatic heterocycles. The lowest BCUT2D eigenvalue weighted by Gasteiger charge is -2.15. The van der Waals surface area contributed by atoms with Gasteiger partial charge in [0.2, 0.25) is 0 Å². The van der Waals surface area contributed by atoms with Gasteiger partial charge in [0, 0.05) is 22.3 Å². The Morgan fingerprint density at radius 2 is 1.73 bits per heavy atom. The van der Waals surface area contributed by atoms with Crippen molar-refractivity contribution >= 4 is 45.1 Å². The van der Waals surface area contributed by atoms with E-state index in [9.17, 15) is 14.4 Å². The van der Waals surface area contributed by atoms with Crippen molar-refractivity contribution in [3.63, 3.8) is 0 Å². The molecule has 0 fully saturated rings. The minimum Gasteiger partial charge on any atom is -0.493 e. The molecule has 2 N–H and O–H groups in total. The van der Waals surface area contributed by atoms with Gasteiger partial charge in [0.1, 0.15) is 0 Å². The molecule has 0 saturated carbocycles. The molecule has 0 bridgehead atoms. The highest BCUT2D eigenvalue weighted by Crippen LogP contribution is 2.34. The Labute approximate surface area is 198 Å². The van der Waals surface area contributed by atoms with Gasteiger partial charge in [-0.15, -0.1) is 0 Å². The third-order valence-electron chi connectivity index (χ3n) is 4.51. The van der Waals surface area contributed by atoms with Crippen molar-refractivity contribution in [2.75, 3.05) is 31.5 Å². The van der Waals surface area contributed by atoms with E-state index in [0.717, 1.165) is 10.0 Å². The Hall–Kier alpha value is -3.79. The molecular weight excluding hydrogens is 496 g/mol. The zero-order chi connectivity index (χ0) is 24.0. The van der Waals surface area contributed by atoms with Gasteiger partial charge in [0.15, 0.2) is 23.9 Å². The lowest BCUT2D eigenvalue weighted by molar-refractivity contribution is -0.119. The number of aryl methyl sites for hydroxylation is 1. The number of amides is 2. The van der Waals surface area contributed by atoms with Crippen molar-refractivity contribution < 1.29 is 33.0 Å². The van der Waals surface area contributed by atoms with Crippen LogP contribution in [0.25, 0.3) is 0 Å². The second kappa shape index (κ2) is 10.7. The first-order valence-electron chi connectivity index (χ1n) is 9.66. The van der Waals surface area contributed by atoms with Crippen molar-refractivity contribution in [2.24, 2.45) is 0 Å². The summed E-state index contributed by atoms with van der Waals surface area (Å²) in [5.41, 5.74) is 1.57. The van der Waals surface area contributed by atoms with Crippen LogP contribution in [0.15, 0.2) is 57.6 Å². The van der Waals surface area contributed by atoms with E-state index in [1.54, 1.807) is 24.3 Å². The summed E-state index contributed by atoms with van der Waals surface area (Å²) in [6.45, 7) is 1.35. The van der Waals surface area contributed by atoms with E-state index in [4.69, 9.17) is 18.6 Å². The summed E-state index contributed by atoms with van der Waals surface area (Å²) in [5, 5.41) is 5.24. The van der Waals surface area contributed by atoms with E-state index in [1.807, 2.05) is 6.92 Å². The maximum atomic E-state index is 12.8. The number of esters is 1. The molecule has 3 aromatic rings. The van der Waals surface area contributed by atoms with Gasteiger partial charge in [-0.05, 0) is 42.8 Å². The zero-order valence-corrected chi connectivity index (χ0v) is 19.6. The van der Waals surface area contributed by atoms with E-state index < -0.39 is 24.4 Å². The smallest absolute Gasteiger partial charge is 0.340 e. The first kappa shape index (κ1) is 23.9. The Kier molecular flexibility index (Phi) is 7.73. The SMILES string of the molecule is COc1cc(NC(=O)c2ccco2)c(C(=O)OCC(=O)Nc2ccc(Br)c(C)c2)cc1OC. The molecule has 0 atom stereocenters. The Balaban J connectivity index is 1.76. The second-order valence-electron chi connectivity index (χ2n) is 6.77. The predicted molar refractivity (Wildman–Crippen MR) is 124 cm³/mol. The predicted octanol–water partition coefficient (Wildman–Crippen LogP) is 4.42. The average Bonchev–Trinajstić information content (AvgIpc) is 3.35. The van der Waals surface area contributed by atoms with Crippen molar-refractivity contribution in [1.82, 2.24) is 0 Å². The molecule has 0 aliphatic rings. The minimum atomic E-state index is -0.840. The fraction of sp³-hybridized carbons (Fsp3) is 0.174. The molecule has 2 amide bonds. The molecule has 172 valence electrons. The van der Waals surface area contributed by atoms with E-state index in [0.29, 0.717) is 5.69 Å². The van der Waals surface area contributed by atoms with Crippen LogP contribution in [0.5, 0.6) is 11.5 Å². The number of carbonyl (C=O) groups is 3. The van der Waals surface area contributed by atoms with Crippen LogP contribution in [-0.4, -0.2) is 38.6 Å².